The minimum atomic E-state index is -1.03. The largest absolute Gasteiger partial charge is 0.477 e. The summed E-state index contributed by atoms with van der Waals surface area (Å²) >= 11 is 6.06. The number of halogens is 1. The van der Waals surface area contributed by atoms with Gasteiger partial charge in [0.15, 0.2) is 5.76 Å². The van der Waals surface area contributed by atoms with Crippen LogP contribution in [0, 0.1) is 6.92 Å². The minimum absolute atomic E-state index is 0.127. The van der Waals surface area contributed by atoms with Crippen LogP contribution in [0.1, 0.15) is 35.0 Å². The Labute approximate surface area is 116 Å². The summed E-state index contributed by atoms with van der Waals surface area (Å²) in [4.78, 5) is 11.4. The van der Waals surface area contributed by atoms with Crippen LogP contribution in [0.3, 0.4) is 0 Å². The predicted octanol–water partition coefficient (Wildman–Crippen LogP) is 3.95. The third-order valence-electron chi connectivity index (χ3n) is 2.90. The smallest absolute Gasteiger partial charge is 0.341 e. The van der Waals surface area contributed by atoms with Crippen molar-refractivity contribution >= 4 is 17.6 Å². The van der Waals surface area contributed by atoms with Crippen LogP contribution < -0.4 is 0 Å². The normalized spacial score (nSPS) is 10.7. The van der Waals surface area contributed by atoms with Gasteiger partial charge in [0.25, 0.3) is 0 Å². The van der Waals surface area contributed by atoms with E-state index in [-0.39, 0.29) is 5.56 Å². The summed E-state index contributed by atoms with van der Waals surface area (Å²) in [5, 5.41) is 13.8. The molecule has 0 aliphatic rings. The molecule has 0 aliphatic heterocycles. The molecule has 0 amide bonds. The van der Waals surface area contributed by atoms with Crippen molar-refractivity contribution in [2.24, 2.45) is 0 Å². The van der Waals surface area contributed by atoms with Crippen molar-refractivity contribution in [2.75, 3.05) is 0 Å². The maximum absolute atomic E-state index is 11.4. The molecule has 4 nitrogen and oxygen atoms in total. The van der Waals surface area contributed by atoms with Gasteiger partial charge in [0.2, 0.25) is 0 Å². The third-order valence-corrected chi connectivity index (χ3v) is 3.31. The fourth-order valence-corrected chi connectivity index (χ4v) is 2.06. The topological polar surface area (TPSA) is 63.3 Å². The summed E-state index contributed by atoms with van der Waals surface area (Å²) in [6.45, 7) is 3.84. The van der Waals surface area contributed by atoms with Gasteiger partial charge >= 0.3 is 5.97 Å². The number of aromatic carboxylic acids is 1. The lowest BCUT2D eigenvalue weighted by Gasteiger charge is -2.02. The molecule has 0 spiro atoms. The molecule has 1 aromatic heterocycles. The van der Waals surface area contributed by atoms with E-state index in [2.05, 4.69) is 5.16 Å². The minimum Gasteiger partial charge on any atom is -0.477 e. The first-order valence-corrected chi connectivity index (χ1v) is 6.40. The monoisotopic (exact) mass is 279 g/mol. The first-order valence-electron chi connectivity index (χ1n) is 6.03. The number of carboxylic acid groups (broad SMARTS) is 1. The number of rotatable bonds is 4. The Bertz CT molecular complexity index is 619. The maximum Gasteiger partial charge on any atom is 0.341 e. The van der Waals surface area contributed by atoms with E-state index in [4.69, 9.17) is 16.1 Å². The highest BCUT2D eigenvalue weighted by Crippen LogP contribution is 2.29. The average Bonchev–Trinajstić information content (AvgIpc) is 2.77. The van der Waals surface area contributed by atoms with Crippen LogP contribution >= 0.6 is 11.6 Å². The number of carboxylic acids is 1. The van der Waals surface area contributed by atoms with Crippen molar-refractivity contribution < 1.29 is 14.4 Å². The summed E-state index contributed by atoms with van der Waals surface area (Å²) in [7, 11) is 0. The molecule has 2 aromatic rings. The zero-order valence-electron chi connectivity index (χ0n) is 10.7. The predicted molar refractivity (Wildman–Crippen MR) is 72.6 cm³/mol. The molecule has 0 atom stereocenters. The second kappa shape index (κ2) is 5.45. The summed E-state index contributed by atoms with van der Waals surface area (Å²) in [5.74, 6) is -0.627. The van der Waals surface area contributed by atoms with E-state index >= 15 is 0 Å². The van der Waals surface area contributed by atoms with Gasteiger partial charge in [-0.25, -0.2) is 4.79 Å². The zero-order chi connectivity index (χ0) is 14.0. The molecular weight excluding hydrogens is 266 g/mol. The summed E-state index contributed by atoms with van der Waals surface area (Å²) in [6, 6.07) is 5.33. The number of carbonyl (C=O) groups is 1. The van der Waals surface area contributed by atoms with Crippen LogP contribution in [0.25, 0.3) is 11.3 Å². The van der Waals surface area contributed by atoms with Crippen LogP contribution in [0.15, 0.2) is 22.7 Å². The maximum atomic E-state index is 11.4. The first kappa shape index (κ1) is 13.6. The van der Waals surface area contributed by atoms with Gasteiger partial charge in [-0.05, 0) is 25.0 Å². The Balaban J connectivity index is 2.55. The van der Waals surface area contributed by atoms with Gasteiger partial charge in [-0.1, -0.05) is 35.8 Å². The summed E-state index contributed by atoms with van der Waals surface area (Å²) < 4.78 is 5.15. The summed E-state index contributed by atoms with van der Waals surface area (Å²) in [5.41, 5.74) is 2.04. The lowest BCUT2D eigenvalue weighted by molar-refractivity contribution is 0.0695. The average molecular weight is 280 g/mol. The van der Waals surface area contributed by atoms with Gasteiger partial charge in [-0.2, -0.15) is 0 Å². The van der Waals surface area contributed by atoms with Crippen molar-refractivity contribution in [1.29, 1.82) is 0 Å². The molecule has 100 valence electrons. The first-order chi connectivity index (χ1) is 9.04. The molecule has 1 N–H and O–H groups in total. The fraction of sp³-hybridized carbons (Fsp3) is 0.286. The quantitative estimate of drug-likeness (QED) is 0.920. The molecule has 2 rings (SSSR count). The van der Waals surface area contributed by atoms with Crippen molar-refractivity contribution in [3.63, 3.8) is 0 Å². The molecule has 0 saturated heterocycles. The van der Waals surface area contributed by atoms with E-state index in [9.17, 15) is 9.90 Å². The van der Waals surface area contributed by atoms with E-state index in [1.165, 1.54) is 0 Å². The van der Waals surface area contributed by atoms with Crippen molar-refractivity contribution in [2.45, 2.75) is 26.7 Å². The third kappa shape index (κ3) is 2.63. The molecule has 0 saturated carbocycles. The molecule has 0 fully saturated rings. The van der Waals surface area contributed by atoms with Gasteiger partial charge in [0.05, 0.1) is 0 Å². The van der Waals surface area contributed by atoms with Gasteiger partial charge in [0.1, 0.15) is 11.3 Å². The molecule has 0 unspecified atom stereocenters. The lowest BCUT2D eigenvalue weighted by atomic mass is 10.0. The van der Waals surface area contributed by atoms with Crippen LogP contribution in [0.5, 0.6) is 0 Å². The summed E-state index contributed by atoms with van der Waals surface area (Å²) in [6.07, 6.45) is 1.35. The van der Waals surface area contributed by atoms with E-state index in [0.717, 1.165) is 12.0 Å². The number of hydrogen-bond donors (Lipinski definition) is 1. The molecule has 19 heavy (non-hydrogen) atoms. The molecule has 5 heteroatoms. The Morgan fingerprint density at radius 3 is 2.79 bits per heavy atom. The number of aryl methyl sites for hydroxylation is 2. The van der Waals surface area contributed by atoms with E-state index in [0.29, 0.717) is 28.5 Å². The second-order valence-corrected chi connectivity index (χ2v) is 4.76. The number of nitrogens with zero attached hydrogens (tertiary/aromatic N) is 1. The highest BCUT2D eigenvalue weighted by Gasteiger charge is 2.23. The van der Waals surface area contributed by atoms with Crippen LogP contribution in [0.4, 0.5) is 0 Å². The van der Waals surface area contributed by atoms with E-state index in [1.807, 2.05) is 19.9 Å². The van der Waals surface area contributed by atoms with Crippen molar-refractivity contribution in [3.05, 3.63) is 40.1 Å². The second-order valence-electron chi connectivity index (χ2n) is 4.35. The molecule has 0 aliphatic carbocycles. The fourth-order valence-electron chi connectivity index (χ4n) is 1.88. The van der Waals surface area contributed by atoms with Crippen molar-refractivity contribution in [3.8, 4) is 11.3 Å². The Morgan fingerprint density at radius 2 is 2.21 bits per heavy atom. The lowest BCUT2D eigenvalue weighted by Crippen LogP contribution is -2.01. The SMILES string of the molecule is CCCc1onc(-c2ccc(C)c(Cl)c2)c1C(=O)O. The van der Waals surface area contributed by atoms with E-state index in [1.54, 1.807) is 12.1 Å². The van der Waals surface area contributed by atoms with Crippen LogP contribution in [0.2, 0.25) is 5.02 Å². The Hall–Kier alpha value is -1.81. The molecule has 1 heterocycles. The van der Waals surface area contributed by atoms with Gasteiger partial charge in [-0.3, -0.25) is 0 Å². The Morgan fingerprint density at radius 1 is 1.47 bits per heavy atom. The van der Waals surface area contributed by atoms with Crippen LogP contribution in [-0.4, -0.2) is 16.2 Å². The number of aromatic nitrogens is 1. The molecule has 1 aromatic carbocycles. The highest BCUT2D eigenvalue weighted by molar-refractivity contribution is 6.31. The molecule has 0 bridgehead atoms. The van der Waals surface area contributed by atoms with Gasteiger partial charge in [0, 0.05) is 17.0 Å². The van der Waals surface area contributed by atoms with Crippen molar-refractivity contribution in [1.82, 2.24) is 5.16 Å². The number of benzene rings is 1. The van der Waals surface area contributed by atoms with Crippen LogP contribution in [-0.2, 0) is 6.42 Å². The van der Waals surface area contributed by atoms with Gasteiger partial charge < -0.3 is 9.63 Å². The standard InChI is InChI=1S/C14H14ClNO3/c1-3-4-11-12(14(17)18)13(16-19-11)9-6-5-8(2)10(15)7-9/h5-7H,3-4H2,1-2H3,(H,17,18). The highest BCUT2D eigenvalue weighted by atomic mass is 35.5. The van der Waals surface area contributed by atoms with E-state index < -0.39 is 5.97 Å². The Kier molecular flexibility index (Phi) is 3.90. The zero-order valence-corrected chi connectivity index (χ0v) is 11.5. The van der Waals surface area contributed by atoms with Gasteiger partial charge in [-0.15, -0.1) is 0 Å². The molecule has 0 radical (unpaired) electrons. The number of hydrogen-bond acceptors (Lipinski definition) is 3. The molecular formula is C14H14ClNO3.